The fourth-order valence-electron chi connectivity index (χ4n) is 2.75. The molecule has 1 aliphatic heterocycles. The maximum Gasteiger partial charge on any atom is 0.251 e. The Balaban J connectivity index is 1.73. The molecule has 3 nitrogen and oxygen atoms in total. The minimum atomic E-state index is -0.243. The molecule has 0 aromatic heterocycles. The van der Waals surface area contributed by atoms with Gasteiger partial charge in [-0.3, -0.25) is 4.79 Å². The van der Waals surface area contributed by atoms with Crippen LogP contribution in [0.1, 0.15) is 33.5 Å². The predicted octanol–water partition coefficient (Wildman–Crippen LogP) is 3.42. The van der Waals surface area contributed by atoms with E-state index in [4.69, 9.17) is 0 Å². The number of amides is 1. The number of fused-ring (bicyclic) bond motifs is 1. The van der Waals surface area contributed by atoms with Gasteiger partial charge in [-0.25, -0.2) is 4.39 Å². The van der Waals surface area contributed by atoms with Crippen LogP contribution in [0, 0.1) is 12.7 Å². The molecule has 22 heavy (non-hydrogen) atoms. The van der Waals surface area contributed by atoms with E-state index in [-0.39, 0.29) is 11.7 Å². The zero-order valence-corrected chi connectivity index (χ0v) is 12.6. The molecule has 0 fully saturated rings. The van der Waals surface area contributed by atoms with E-state index in [9.17, 15) is 9.18 Å². The fraction of sp³-hybridized carbons (Fsp3) is 0.278. The Morgan fingerprint density at radius 3 is 3.00 bits per heavy atom. The minimum Gasteiger partial charge on any atom is -0.385 e. The van der Waals surface area contributed by atoms with E-state index in [2.05, 4.69) is 10.6 Å². The fourth-order valence-corrected chi connectivity index (χ4v) is 2.75. The van der Waals surface area contributed by atoms with E-state index in [0.29, 0.717) is 17.7 Å². The molecule has 0 spiro atoms. The summed E-state index contributed by atoms with van der Waals surface area (Å²) in [5.41, 5.74) is 4.19. The van der Waals surface area contributed by atoms with Gasteiger partial charge in [0.15, 0.2) is 0 Å². The van der Waals surface area contributed by atoms with Crippen molar-refractivity contribution in [1.29, 1.82) is 0 Å². The Labute approximate surface area is 129 Å². The van der Waals surface area contributed by atoms with Gasteiger partial charge in [0.25, 0.3) is 5.91 Å². The van der Waals surface area contributed by atoms with Crippen LogP contribution < -0.4 is 10.6 Å². The van der Waals surface area contributed by atoms with Gasteiger partial charge >= 0.3 is 0 Å². The zero-order valence-electron chi connectivity index (χ0n) is 12.6. The molecule has 0 bridgehead atoms. The number of anilines is 1. The van der Waals surface area contributed by atoms with Gasteiger partial charge in [-0.1, -0.05) is 18.2 Å². The number of carbonyl (C=O) groups excluding carboxylic acids is 1. The van der Waals surface area contributed by atoms with Crippen molar-refractivity contribution in [3.8, 4) is 0 Å². The molecular formula is C18H19FN2O. The van der Waals surface area contributed by atoms with Crippen LogP contribution in [0.15, 0.2) is 36.4 Å². The largest absolute Gasteiger partial charge is 0.385 e. The van der Waals surface area contributed by atoms with Crippen molar-refractivity contribution >= 4 is 11.6 Å². The Kier molecular flexibility index (Phi) is 4.09. The molecule has 4 heteroatoms. The van der Waals surface area contributed by atoms with Crippen molar-refractivity contribution < 1.29 is 9.18 Å². The first-order chi connectivity index (χ1) is 10.6. The third-order valence-corrected chi connectivity index (χ3v) is 4.03. The highest BCUT2D eigenvalue weighted by atomic mass is 19.1. The van der Waals surface area contributed by atoms with Crippen LogP contribution in [0.3, 0.4) is 0 Å². The van der Waals surface area contributed by atoms with Gasteiger partial charge in [0, 0.05) is 24.3 Å². The highest BCUT2D eigenvalue weighted by Gasteiger charge is 2.17. The number of halogens is 1. The lowest BCUT2D eigenvalue weighted by molar-refractivity contribution is 0.0950. The molecule has 1 aliphatic rings. The molecule has 1 heterocycles. The Morgan fingerprint density at radius 1 is 1.32 bits per heavy atom. The number of benzene rings is 2. The highest BCUT2D eigenvalue weighted by molar-refractivity contribution is 5.97. The summed E-state index contributed by atoms with van der Waals surface area (Å²) >= 11 is 0. The minimum absolute atomic E-state index is 0.110. The van der Waals surface area contributed by atoms with Crippen LogP contribution in [0.25, 0.3) is 0 Å². The maximum absolute atomic E-state index is 13.5. The molecule has 3 rings (SSSR count). The lowest BCUT2D eigenvalue weighted by Crippen LogP contribution is -2.25. The van der Waals surface area contributed by atoms with Crippen LogP contribution in [0.2, 0.25) is 0 Å². The summed E-state index contributed by atoms with van der Waals surface area (Å²) in [7, 11) is 0. The number of carbonyl (C=O) groups is 1. The summed E-state index contributed by atoms with van der Waals surface area (Å²) in [4.78, 5) is 12.4. The van der Waals surface area contributed by atoms with E-state index in [0.717, 1.165) is 36.2 Å². The van der Waals surface area contributed by atoms with Crippen LogP contribution in [-0.2, 0) is 13.0 Å². The zero-order chi connectivity index (χ0) is 15.5. The normalized spacial score (nSPS) is 13.2. The Bertz CT molecular complexity index is 712. The SMILES string of the molecule is Cc1ccc(CNC(=O)c2cccc3c2CCCN3)cc1F. The molecule has 0 unspecified atom stereocenters. The van der Waals surface area contributed by atoms with Crippen LogP contribution >= 0.6 is 0 Å². The standard InChI is InChI=1S/C18H19FN2O/c1-12-7-8-13(10-16(12)19)11-21-18(22)15-4-2-6-17-14(15)5-3-9-20-17/h2,4,6-8,10,20H,3,5,9,11H2,1H3,(H,21,22). The Hall–Kier alpha value is -2.36. The second-order valence-electron chi connectivity index (χ2n) is 5.63. The molecule has 0 saturated heterocycles. The molecule has 0 atom stereocenters. The molecule has 2 aromatic carbocycles. The second-order valence-corrected chi connectivity index (χ2v) is 5.63. The second kappa shape index (κ2) is 6.18. The summed E-state index contributed by atoms with van der Waals surface area (Å²) in [6.45, 7) is 2.99. The molecule has 0 saturated carbocycles. The number of hydrogen-bond donors (Lipinski definition) is 2. The quantitative estimate of drug-likeness (QED) is 0.911. The van der Waals surface area contributed by atoms with E-state index in [1.54, 1.807) is 13.0 Å². The van der Waals surface area contributed by atoms with Crippen LogP contribution in [-0.4, -0.2) is 12.5 Å². The molecule has 1 amide bonds. The summed E-state index contributed by atoms with van der Waals surface area (Å²) in [6, 6.07) is 10.8. The number of hydrogen-bond acceptors (Lipinski definition) is 2. The van der Waals surface area contributed by atoms with Gasteiger partial charge in [-0.15, -0.1) is 0 Å². The molecule has 2 N–H and O–H groups in total. The summed E-state index contributed by atoms with van der Waals surface area (Å²) in [5, 5.41) is 6.19. The van der Waals surface area contributed by atoms with Gasteiger partial charge < -0.3 is 10.6 Å². The maximum atomic E-state index is 13.5. The third-order valence-electron chi connectivity index (χ3n) is 4.03. The van der Waals surface area contributed by atoms with E-state index in [1.807, 2.05) is 24.3 Å². The topological polar surface area (TPSA) is 41.1 Å². The summed E-state index contributed by atoms with van der Waals surface area (Å²) in [5.74, 6) is -0.352. The van der Waals surface area contributed by atoms with Crippen molar-refractivity contribution in [3.63, 3.8) is 0 Å². The van der Waals surface area contributed by atoms with Gasteiger partial charge in [0.1, 0.15) is 5.82 Å². The first kappa shape index (κ1) is 14.6. The van der Waals surface area contributed by atoms with Gasteiger partial charge in [0.05, 0.1) is 0 Å². The van der Waals surface area contributed by atoms with Gasteiger partial charge in [-0.2, -0.15) is 0 Å². The molecule has 0 aliphatic carbocycles. The van der Waals surface area contributed by atoms with Crippen molar-refractivity contribution in [1.82, 2.24) is 5.32 Å². The van der Waals surface area contributed by atoms with Crippen molar-refractivity contribution in [3.05, 3.63) is 64.5 Å². The van der Waals surface area contributed by atoms with Crippen molar-refractivity contribution in [2.45, 2.75) is 26.3 Å². The first-order valence-electron chi connectivity index (χ1n) is 7.54. The van der Waals surface area contributed by atoms with E-state index < -0.39 is 0 Å². The van der Waals surface area contributed by atoms with E-state index in [1.165, 1.54) is 6.07 Å². The number of rotatable bonds is 3. The lowest BCUT2D eigenvalue weighted by atomic mass is 9.97. The monoisotopic (exact) mass is 298 g/mol. The first-order valence-corrected chi connectivity index (χ1v) is 7.54. The lowest BCUT2D eigenvalue weighted by Gasteiger charge is -2.20. The highest BCUT2D eigenvalue weighted by Crippen LogP contribution is 2.25. The molecular weight excluding hydrogens is 279 g/mol. The predicted molar refractivity (Wildman–Crippen MR) is 85.6 cm³/mol. The van der Waals surface area contributed by atoms with Crippen LogP contribution in [0.5, 0.6) is 0 Å². The van der Waals surface area contributed by atoms with Crippen molar-refractivity contribution in [2.24, 2.45) is 0 Å². The Morgan fingerprint density at radius 2 is 2.18 bits per heavy atom. The molecule has 0 radical (unpaired) electrons. The summed E-state index contributed by atoms with van der Waals surface area (Å²) in [6.07, 6.45) is 1.94. The molecule has 2 aromatic rings. The van der Waals surface area contributed by atoms with Gasteiger partial charge in [0.2, 0.25) is 0 Å². The molecule has 114 valence electrons. The number of nitrogens with one attached hydrogen (secondary N) is 2. The average molecular weight is 298 g/mol. The van der Waals surface area contributed by atoms with Crippen molar-refractivity contribution in [2.75, 3.05) is 11.9 Å². The number of aryl methyl sites for hydroxylation is 1. The average Bonchev–Trinajstić information content (AvgIpc) is 2.55. The smallest absolute Gasteiger partial charge is 0.251 e. The van der Waals surface area contributed by atoms with Crippen LogP contribution in [0.4, 0.5) is 10.1 Å². The summed E-state index contributed by atoms with van der Waals surface area (Å²) < 4.78 is 13.5. The van der Waals surface area contributed by atoms with E-state index >= 15 is 0 Å². The third kappa shape index (κ3) is 2.96. The van der Waals surface area contributed by atoms with Gasteiger partial charge in [-0.05, 0) is 54.7 Å².